The quantitative estimate of drug-likeness (QED) is 0.519. The lowest BCUT2D eigenvalue weighted by molar-refractivity contribution is -0.117. The number of carbonyl (C=O) groups excluding carboxylic acids is 1. The average Bonchev–Trinajstić information content (AvgIpc) is 2.36. The zero-order chi connectivity index (χ0) is 13.0. The second kappa shape index (κ2) is 5.71. The molecule has 1 aromatic rings. The summed E-state index contributed by atoms with van der Waals surface area (Å²) in [4.78, 5) is 14.3. The summed E-state index contributed by atoms with van der Waals surface area (Å²) in [5.74, 6) is -0.141. The molecule has 1 aromatic carbocycles. The summed E-state index contributed by atoms with van der Waals surface area (Å²) in [7, 11) is 0. The number of azide groups is 1. The zero-order valence-electron chi connectivity index (χ0n) is 9.51. The lowest BCUT2D eigenvalue weighted by Gasteiger charge is -2.23. The van der Waals surface area contributed by atoms with Gasteiger partial charge in [0.25, 0.3) is 0 Å². The van der Waals surface area contributed by atoms with Gasteiger partial charge < -0.3 is 5.32 Å². The highest BCUT2D eigenvalue weighted by molar-refractivity contribution is 9.10. The van der Waals surface area contributed by atoms with Crippen molar-refractivity contribution < 1.29 is 4.79 Å². The minimum atomic E-state index is -0.141. The summed E-state index contributed by atoms with van der Waals surface area (Å²) in [6.45, 7) is 0.247. The maximum atomic E-state index is 11.6. The molecule has 1 heterocycles. The molecule has 0 radical (unpaired) electrons. The molecular weight excluding hydrogens is 296 g/mol. The van der Waals surface area contributed by atoms with Gasteiger partial charge in [-0.1, -0.05) is 38.8 Å². The van der Waals surface area contributed by atoms with Crippen LogP contribution in [-0.4, -0.2) is 12.5 Å². The van der Waals surface area contributed by atoms with Gasteiger partial charge in [-0.2, -0.15) is 0 Å². The Balaban J connectivity index is 2.16. The van der Waals surface area contributed by atoms with E-state index in [1.54, 1.807) is 0 Å². The highest BCUT2D eigenvalue weighted by Gasteiger charge is 2.20. The van der Waals surface area contributed by atoms with E-state index in [1.165, 1.54) is 6.08 Å². The largest absolute Gasteiger partial charge is 0.345 e. The molecule has 1 amide bonds. The van der Waals surface area contributed by atoms with E-state index in [0.717, 1.165) is 15.6 Å². The molecule has 18 heavy (non-hydrogen) atoms. The molecular formula is C12H11BrN4O. The van der Waals surface area contributed by atoms with Gasteiger partial charge >= 0.3 is 0 Å². The van der Waals surface area contributed by atoms with Gasteiger partial charge in [0, 0.05) is 22.0 Å². The minimum Gasteiger partial charge on any atom is -0.345 e. The Morgan fingerprint density at radius 2 is 2.17 bits per heavy atom. The Hall–Kier alpha value is -1.78. The molecule has 0 aromatic heterocycles. The van der Waals surface area contributed by atoms with Crippen molar-refractivity contribution in [3.05, 3.63) is 56.4 Å². The third kappa shape index (κ3) is 3.12. The van der Waals surface area contributed by atoms with Gasteiger partial charge in [0.1, 0.15) is 0 Å². The first-order chi connectivity index (χ1) is 8.69. The van der Waals surface area contributed by atoms with Gasteiger partial charge in [0.15, 0.2) is 0 Å². The Labute approximate surface area is 113 Å². The van der Waals surface area contributed by atoms with Crippen molar-refractivity contribution in [3.8, 4) is 0 Å². The molecule has 2 rings (SSSR count). The molecule has 6 heteroatoms. The van der Waals surface area contributed by atoms with E-state index in [2.05, 4.69) is 31.3 Å². The molecule has 1 unspecified atom stereocenters. The molecule has 5 nitrogen and oxygen atoms in total. The number of amides is 1. The highest BCUT2D eigenvalue weighted by atomic mass is 79.9. The summed E-state index contributed by atoms with van der Waals surface area (Å²) in [5.41, 5.74) is 10.2. The molecule has 0 saturated carbocycles. The first kappa shape index (κ1) is 12.7. The fraction of sp³-hybridized carbons (Fsp3) is 0.250. The second-order valence-electron chi connectivity index (χ2n) is 4.01. The zero-order valence-corrected chi connectivity index (χ0v) is 11.1. The first-order valence-corrected chi connectivity index (χ1v) is 6.24. The van der Waals surface area contributed by atoms with Gasteiger partial charge in [-0.05, 0) is 29.6 Å². The molecule has 0 bridgehead atoms. The highest BCUT2D eigenvalue weighted by Crippen LogP contribution is 2.25. The van der Waals surface area contributed by atoms with Gasteiger partial charge in [-0.15, -0.1) is 0 Å². The lowest BCUT2D eigenvalue weighted by Crippen LogP contribution is -2.31. The fourth-order valence-corrected chi connectivity index (χ4v) is 2.16. The average molecular weight is 307 g/mol. The Bertz CT molecular complexity index is 532. The van der Waals surface area contributed by atoms with Crippen molar-refractivity contribution in [1.82, 2.24) is 5.32 Å². The summed E-state index contributed by atoms with van der Waals surface area (Å²) < 4.78 is 0.998. The van der Waals surface area contributed by atoms with Crippen LogP contribution in [0.4, 0.5) is 0 Å². The van der Waals surface area contributed by atoms with E-state index in [9.17, 15) is 4.79 Å². The topological polar surface area (TPSA) is 77.9 Å². The first-order valence-electron chi connectivity index (χ1n) is 5.45. The molecule has 1 N–H and O–H groups in total. The van der Waals surface area contributed by atoms with E-state index in [-0.39, 0.29) is 18.5 Å². The monoisotopic (exact) mass is 306 g/mol. The standard InChI is InChI=1S/C12H11BrN4O/c13-10-3-1-9(2-4-10)11-5-8(7-15-17-14)6-12(18)16-11/h1-4,6,11H,5,7H2,(H,16,18). The summed E-state index contributed by atoms with van der Waals surface area (Å²) in [6, 6.07) is 7.75. The second-order valence-corrected chi connectivity index (χ2v) is 4.92. The molecule has 0 aliphatic carbocycles. The molecule has 0 spiro atoms. The van der Waals surface area contributed by atoms with Crippen LogP contribution in [0.2, 0.25) is 0 Å². The van der Waals surface area contributed by atoms with E-state index >= 15 is 0 Å². The van der Waals surface area contributed by atoms with Gasteiger partial charge in [0.2, 0.25) is 5.91 Å². The Morgan fingerprint density at radius 1 is 1.44 bits per heavy atom. The third-order valence-electron chi connectivity index (χ3n) is 2.73. The van der Waals surface area contributed by atoms with Crippen LogP contribution in [0, 0.1) is 0 Å². The number of nitrogens with one attached hydrogen (secondary N) is 1. The van der Waals surface area contributed by atoms with Crippen molar-refractivity contribution in [2.24, 2.45) is 5.11 Å². The third-order valence-corrected chi connectivity index (χ3v) is 3.26. The number of hydrogen-bond acceptors (Lipinski definition) is 2. The molecule has 1 atom stereocenters. The normalized spacial score (nSPS) is 18.6. The van der Waals surface area contributed by atoms with Crippen LogP contribution in [0.1, 0.15) is 18.0 Å². The summed E-state index contributed by atoms with van der Waals surface area (Å²) in [6.07, 6.45) is 2.18. The maximum Gasteiger partial charge on any atom is 0.244 e. The maximum absolute atomic E-state index is 11.6. The summed E-state index contributed by atoms with van der Waals surface area (Å²) >= 11 is 3.37. The number of nitrogens with zero attached hydrogens (tertiary/aromatic N) is 3. The van der Waals surface area contributed by atoms with Crippen LogP contribution in [0.5, 0.6) is 0 Å². The van der Waals surface area contributed by atoms with Gasteiger partial charge in [-0.3, -0.25) is 4.79 Å². The lowest BCUT2D eigenvalue weighted by atomic mass is 9.95. The van der Waals surface area contributed by atoms with Crippen molar-refractivity contribution in [3.63, 3.8) is 0 Å². The molecule has 0 fully saturated rings. The predicted molar refractivity (Wildman–Crippen MR) is 71.7 cm³/mol. The predicted octanol–water partition coefficient (Wildman–Crippen LogP) is 3.25. The number of hydrogen-bond donors (Lipinski definition) is 1. The van der Waals surface area contributed by atoms with Crippen LogP contribution in [-0.2, 0) is 4.79 Å². The van der Waals surface area contributed by atoms with Crippen molar-refractivity contribution in [2.45, 2.75) is 12.5 Å². The smallest absolute Gasteiger partial charge is 0.244 e. The van der Waals surface area contributed by atoms with Crippen molar-refractivity contribution in [1.29, 1.82) is 0 Å². The molecule has 1 aliphatic rings. The molecule has 92 valence electrons. The SMILES string of the molecule is [N-]=[N+]=NCC1=CC(=O)NC(c2ccc(Br)cc2)C1. The number of rotatable bonds is 3. The van der Waals surface area contributed by atoms with Gasteiger partial charge in [-0.25, -0.2) is 0 Å². The van der Waals surface area contributed by atoms with E-state index in [4.69, 9.17) is 5.53 Å². The van der Waals surface area contributed by atoms with Crippen LogP contribution in [0.25, 0.3) is 10.4 Å². The van der Waals surface area contributed by atoms with Crippen LogP contribution in [0.15, 0.2) is 45.5 Å². The number of carbonyl (C=O) groups is 1. The van der Waals surface area contributed by atoms with Crippen LogP contribution >= 0.6 is 15.9 Å². The minimum absolute atomic E-state index is 0.0560. The van der Waals surface area contributed by atoms with Crippen LogP contribution < -0.4 is 5.32 Å². The van der Waals surface area contributed by atoms with E-state index in [1.807, 2.05) is 24.3 Å². The van der Waals surface area contributed by atoms with Crippen molar-refractivity contribution in [2.75, 3.05) is 6.54 Å². The molecule has 0 saturated heterocycles. The molecule has 1 aliphatic heterocycles. The van der Waals surface area contributed by atoms with E-state index < -0.39 is 0 Å². The van der Waals surface area contributed by atoms with Crippen molar-refractivity contribution >= 4 is 21.8 Å². The van der Waals surface area contributed by atoms with Crippen LogP contribution in [0.3, 0.4) is 0 Å². The number of benzene rings is 1. The Morgan fingerprint density at radius 3 is 2.83 bits per heavy atom. The Kier molecular flexibility index (Phi) is 4.02. The van der Waals surface area contributed by atoms with Gasteiger partial charge in [0.05, 0.1) is 6.04 Å². The van der Waals surface area contributed by atoms with E-state index in [0.29, 0.717) is 6.42 Å². The fourth-order valence-electron chi connectivity index (χ4n) is 1.90. The number of halogens is 1. The summed E-state index contributed by atoms with van der Waals surface area (Å²) in [5, 5.41) is 6.39.